The van der Waals surface area contributed by atoms with E-state index >= 15 is 0 Å². The molecular formula is C20H24ClN5O2. The van der Waals surface area contributed by atoms with Crippen molar-refractivity contribution in [3.05, 3.63) is 40.2 Å². The predicted octanol–water partition coefficient (Wildman–Crippen LogP) is 2.90. The van der Waals surface area contributed by atoms with Gasteiger partial charge in [0.25, 0.3) is 0 Å². The number of aryl methyl sites for hydroxylation is 1. The van der Waals surface area contributed by atoms with Crippen molar-refractivity contribution in [1.82, 2.24) is 15.3 Å². The van der Waals surface area contributed by atoms with Gasteiger partial charge >= 0.3 is 0 Å². The number of β-amino-alcohol motifs (C(OH)–C–C–N with tert-alkyl or cyclic N) is 1. The lowest BCUT2D eigenvalue weighted by molar-refractivity contribution is 0.180. The van der Waals surface area contributed by atoms with Gasteiger partial charge < -0.3 is 25.8 Å². The van der Waals surface area contributed by atoms with Gasteiger partial charge in [0.2, 0.25) is 0 Å². The SMILES string of the molecule is CNc1cc(C)nc(Nc2nc3c(c(C4=CCNC[C@@H](O)C4)c2Cl)OCC3)c1. The first kappa shape index (κ1) is 19.0. The number of anilines is 3. The highest BCUT2D eigenvalue weighted by atomic mass is 35.5. The lowest BCUT2D eigenvalue weighted by atomic mass is 9.98. The van der Waals surface area contributed by atoms with Crippen molar-refractivity contribution in [2.75, 3.05) is 37.4 Å². The fraction of sp³-hybridized carbons (Fsp3) is 0.400. The maximum Gasteiger partial charge on any atom is 0.151 e. The Hall–Kier alpha value is -2.35. The van der Waals surface area contributed by atoms with Crippen molar-refractivity contribution in [2.45, 2.75) is 25.9 Å². The molecule has 0 fully saturated rings. The Labute approximate surface area is 169 Å². The summed E-state index contributed by atoms with van der Waals surface area (Å²) in [5, 5.41) is 20.3. The summed E-state index contributed by atoms with van der Waals surface area (Å²) in [6, 6.07) is 3.87. The number of aliphatic hydroxyl groups is 1. The first-order chi connectivity index (χ1) is 13.5. The molecule has 2 aliphatic rings. The van der Waals surface area contributed by atoms with Crippen LogP contribution < -0.4 is 20.7 Å². The molecule has 28 heavy (non-hydrogen) atoms. The second-order valence-electron chi connectivity index (χ2n) is 7.03. The molecule has 4 N–H and O–H groups in total. The number of aliphatic hydroxyl groups excluding tert-OH is 1. The van der Waals surface area contributed by atoms with Crippen LogP contribution in [0.3, 0.4) is 0 Å². The van der Waals surface area contributed by atoms with E-state index in [2.05, 4.69) is 27.0 Å². The number of nitrogens with one attached hydrogen (secondary N) is 3. The molecule has 0 spiro atoms. The van der Waals surface area contributed by atoms with Crippen LogP contribution in [0.15, 0.2) is 18.2 Å². The van der Waals surface area contributed by atoms with Crippen LogP contribution in [0.4, 0.5) is 17.3 Å². The largest absolute Gasteiger partial charge is 0.491 e. The molecule has 0 bridgehead atoms. The Morgan fingerprint density at radius 2 is 2.18 bits per heavy atom. The third-order valence-corrected chi connectivity index (χ3v) is 5.25. The molecule has 0 aromatic carbocycles. The molecule has 0 radical (unpaired) electrons. The molecule has 0 unspecified atom stereocenters. The molecule has 4 heterocycles. The molecule has 0 saturated heterocycles. The van der Waals surface area contributed by atoms with Crippen LogP contribution >= 0.6 is 11.6 Å². The molecule has 0 aliphatic carbocycles. The highest BCUT2D eigenvalue weighted by Gasteiger charge is 2.27. The Balaban J connectivity index is 1.77. The third-order valence-electron chi connectivity index (χ3n) is 4.89. The van der Waals surface area contributed by atoms with Crippen molar-refractivity contribution in [1.29, 1.82) is 0 Å². The fourth-order valence-electron chi connectivity index (χ4n) is 3.60. The van der Waals surface area contributed by atoms with Gasteiger partial charge in [0, 0.05) is 56.0 Å². The van der Waals surface area contributed by atoms with Gasteiger partial charge in [0.05, 0.1) is 23.4 Å². The molecule has 0 saturated carbocycles. The smallest absolute Gasteiger partial charge is 0.151 e. The minimum Gasteiger partial charge on any atom is -0.491 e. The maximum absolute atomic E-state index is 10.2. The number of hydrogen-bond donors (Lipinski definition) is 4. The summed E-state index contributed by atoms with van der Waals surface area (Å²) >= 11 is 6.80. The average molecular weight is 402 g/mol. The quantitative estimate of drug-likeness (QED) is 0.626. The molecule has 0 amide bonds. The van der Waals surface area contributed by atoms with E-state index in [0.29, 0.717) is 42.8 Å². The Kier molecular flexibility index (Phi) is 5.39. The Bertz CT molecular complexity index is 931. The van der Waals surface area contributed by atoms with Crippen LogP contribution in [0.25, 0.3) is 5.57 Å². The van der Waals surface area contributed by atoms with Crippen LogP contribution in [-0.2, 0) is 6.42 Å². The number of pyridine rings is 2. The summed E-state index contributed by atoms with van der Waals surface area (Å²) in [5.74, 6) is 1.94. The van der Waals surface area contributed by atoms with Gasteiger partial charge in [-0.05, 0) is 18.6 Å². The fourth-order valence-corrected chi connectivity index (χ4v) is 3.90. The van der Waals surface area contributed by atoms with E-state index in [-0.39, 0.29) is 0 Å². The van der Waals surface area contributed by atoms with Crippen molar-refractivity contribution >= 4 is 34.5 Å². The van der Waals surface area contributed by atoms with E-state index in [0.717, 1.165) is 40.4 Å². The minimum absolute atomic E-state index is 0.469. The molecule has 2 aromatic rings. The van der Waals surface area contributed by atoms with Crippen LogP contribution in [-0.4, -0.2) is 47.9 Å². The van der Waals surface area contributed by atoms with Crippen LogP contribution in [0, 0.1) is 6.92 Å². The molecule has 1 atom stereocenters. The molecule has 2 aliphatic heterocycles. The summed E-state index contributed by atoms with van der Waals surface area (Å²) in [5.41, 5.74) is 4.50. The zero-order chi connectivity index (χ0) is 19.7. The van der Waals surface area contributed by atoms with E-state index in [4.69, 9.17) is 21.3 Å². The summed E-state index contributed by atoms with van der Waals surface area (Å²) in [6.07, 6.45) is 2.83. The van der Waals surface area contributed by atoms with Crippen molar-refractivity contribution in [3.8, 4) is 5.75 Å². The van der Waals surface area contributed by atoms with Crippen molar-refractivity contribution in [3.63, 3.8) is 0 Å². The van der Waals surface area contributed by atoms with Gasteiger partial charge in [0.1, 0.15) is 11.6 Å². The number of fused-ring (bicyclic) bond motifs is 1. The zero-order valence-electron chi connectivity index (χ0n) is 16.0. The summed E-state index contributed by atoms with van der Waals surface area (Å²) in [6.45, 7) is 3.74. The Morgan fingerprint density at radius 3 is 3.00 bits per heavy atom. The van der Waals surface area contributed by atoms with Gasteiger partial charge in [-0.2, -0.15) is 0 Å². The maximum atomic E-state index is 10.2. The van der Waals surface area contributed by atoms with Crippen molar-refractivity contribution in [2.24, 2.45) is 0 Å². The van der Waals surface area contributed by atoms with E-state index in [1.54, 1.807) is 0 Å². The molecule has 7 nitrogen and oxygen atoms in total. The van der Waals surface area contributed by atoms with Gasteiger partial charge in [-0.1, -0.05) is 17.7 Å². The first-order valence-electron chi connectivity index (χ1n) is 9.42. The number of ether oxygens (including phenoxy) is 1. The van der Waals surface area contributed by atoms with Gasteiger partial charge in [-0.3, -0.25) is 0 Å². The van der Waals surface area contributed by atoms with E-state index < -0.39 is 6.10 Å². The van der Waals surface area contributed by atoms with Crippen LogP contribution in [0.5, 0.6) is 5.75 Å². The number of aromatic nitrogens is 2. The van der Waals surface area contributed by atoms with Gasteiger partial charge in [0.15, 0.2) is 5.82 Å². The second-order valence-corrected chi connectivity index (χ2v) is 7.40. The van der Waals surface area contributed by atoms with Crippen LogP contribution in [0.1, 0.15) is 23.4 Å². The molecule has 2 aromatic heterocycles. The summed E-state index contributed by atoms with van der Waals surface area (Å²) in [4.78, 5) is 9.23. The zero-order valence-corrected chi connectivity index (χ0v) is 16.7. The molecule has 8 heteroatoms. The second kappa shape index (κ2) is 7.95. The van der Waals surface area contributed by atoms with E-state index in [9.17, 15) is 5.11 Å². The highest BCUT2D eigenvalue weighted by molar-refractivity contribution is 6.35. The van der Waals surface area contributed by atoms with Gasteiger partial charge in [-0.25, -0.2) is 9.97 Å². The molecular weight excluding hydrogens is 378 g/mol. The van der Waals surface area contributed by atoms with Crippen molar-refractivity contribution < 1.29 is 9.84 Å². The number of hydrogen-bond acceptors (Lipinski definition) is 7. The standard InChI is InChI=1S/C20H24ClN5O2/c1-11-7-13(22-2)9-16(24-11)26-20-18(21)17(19-15(25-20)4-6-28-19)12-3-5-23-10-14(27)8-12/h3,7,9,14,23,27H,4-6,8,10H2,1-2H3,(H2,22,24,25,26)/t14-/m0/s1. The van der Waals surface area contributed by atoms with E-state index in [1.165, 1.54) is 0 Å². The highest BCUT2D eigenvalue weighted by Crippen LogP contribution is 2.43. The lowest BCUT2D eigenvalue weighted by Gasteiger charge is -2.18. The van der Waals surface area contributed by atoms with Crippen LogP contribution in [0.2, 0.25) is 5.02 Å². The number of halogens is 1. The molecule has 148 valence electrons. The number of rotatable bonds is 4. The Morgan fingerprint density at radius 1 is 1.32 bits per heavy atom. The summed E-state index contributed by atoms with van der Waals surface area (Å²) < 4.78 is 5.86. The predicted molar refractivity (Wildman–Crippen MR) is 112 cm³/mol. The number of nitrogens with zero attached hydrogens (tertiary/aromatic N) is 2. The third kappa shape index (κ3) is 3.78. The monoisotopic (exact) mass is 401 g/mol. The topological polar surface area (TPSA) is 91.3 Å². The minimum atomic E-state index is -0.469. The van der Waals surface area contributed by atoms with E-state index in [1.807, 2.05) is 26.1 Å². The lowest BCUT2D eigenvalue weighted by Crippen LogP contribution is -2.24. The normalized spacial score (nSPS) is 18.7. The molecule has 4 rings (SSSR count). The summed E-state index contributed by atoms with van der Waals surface area (Å²) in [7, 11) is 1.87. The van der Waals surface area contributed by atoms with Gasteiger partial charge in [-0.15, -0.1) is 0 Å². The first-order valence-corrected chi connectivity index (χ1v) is 9.79. The average Bonchev–Trinajstić information content (AvgIpc) is 3.01.